The lowest BCUT2D eigenvalue weighted by molar-refractivity contribution is -0.126. The van der Waals surface area contributed by atoms with Gasteiger partial charge in [0.2, 0.25) is 0 Å². The minimum Gasteiger partial charge on any atom is -0.324 e. The van der Waals surface area contributed by atoms with Gasteiger partial charge in [-0.15, -0.1) is 0 Å². The number of amides is 1. The van der Waals surface area contributed by atoms with Crippen LogP contribution >= 0.6 is 0 Å². The normalized spacial score (nSPS) is 17.2. The standard InChI is InChI=1S/C17H22N4O/c1-13-5-3-6-15(14(13)2)20-16(22)17(7-10-18-11-8-17)21-12-4-9-19-21/h3-6,9,12,18H,7-8,10-11H2,1-2H3,(H,20,22). The topological polar surface area (TPSA) is 59.0 Å². The summed E-state index contributed by atoms with van der Waals surface area (Å²) in [6.07, 6.45) is 5.10. The molecule has 5 nitrogen and oxygen atoms in total. The largest absolute Gasteiger partial charge is 0.324 e. The van der Waals surface area contributed by atoms with Crippen LogP contribution in [0.2, 0.25) is 0 Å². The van der Waals surface area contributed by atoms with Crippen molar-refractivity contribution in [2.75, 3.05) is 18.4 Å². The van der Waals surface area contributed by atoms with Crippen LogP contribution in [0, 0.1) is 13.8 Å². The summed E-state index contributed by atoms with van der Waals surface area (Å²) in [6.45, 7) is 5.73. The van der Waals surface area contributed by atoms with Gasteiger partial charge in [0, 0.05) is 18.1 Å². The van der Waals surface area contributed by atoms with Crippen molar-refractivity contribution in [3.63, 3.8) is 0 Å². The third kappa shape index (κ3) is 2.52. The van der Waals surface area contributed by atoms with Crippen LogP contribution < -0.4 is 10.6 Å². The molecule has 0 bridgehead atoms. The Morgan fingerprint density at radius 3 is 2.73 bits per heavy atom. The average Bonchev–Trinajstić information content (AvgIpc) is 3.07. The van der Waals surface area contributed by atoms with Gasteiger partial charge in [-0.3, -0.25) is 9.48 Å². The van der Waals surface area contributed by atoms with Crippen molar-refractivity contribution in [2.24, 2.45) is 0 Å². The van der Waals surface area contributed by atoms with Crippen molar-refractivity contribution in [2.45, 2.75) is 32.2 Å². The number of benzene rings is 1. The zero-order chi connectivity index (χ0) is 15.6. The molecular weight excluding hydrogens is 276 g/mol. The first kappa shape index (κ1) is 14.8. The number of aromatic nitrogens is 2. The first-order chi connectivity index (χ1) is 10.6. The van der Waals surface area contributed by atoms with E-state index in [0.29, 0.717) is 0 Å². The SMILES string of the molecule is Cc1cccc(NC(=O)C2(n3cccn3)CCNCC2)c1C. The average molecular weight is 298 g/mol. The maximum absolute atomic E-state index is 13.1. The van der Waals surface area contributed by atoms with E-state index in [0.717, 1.165) is 37.2 Å². The molecule has 0 saturated carbocycles. The molecule has 1 saturated heterocycles. The number of rotatable bonds is 3. The summed E-state index contributed by atoms with van der Waals surface area (Å²) in [5.41, 5.74) is 2.57. The fraction of sp³-hybridized carbons (Fsp3) is 0.412. The molecule has 0 atom stereocenters. The molecule has 22 heavy (non-hydrogen) atoms. The van der Waals surface area contributed by atoms with Gasteiger partial charge in [0.1, 0.15) is 5.54 Å². The third-order valence-corrected chi connectivity index (χ3v) is 4.65. The number of hydrogen-bond donors (Lipinski definition) is 2. The van der Waals surface area contributed by atoms with E-state index >= 15 is 0 Å². The van der Waals surface area contributed by atoms with Crippen LogP contribution in [0.5, 0.6) is 0 Å². The summed E-state index contributed by atoms with van der Waals surface area (Å²) in [4.78, 5) is 13.1. The fourth-order valence-electron chi connectivity index (χ4n) is 3.05. The summed E-state index contributed by atoms with van der Waals surface area (Å²) in [6, 6.07) is 7.85. The molecule has 0 aliphatic carbocycles. The molecule has 0 radical (unpaired) electrons. The zero-order valence-electron chi connectivity index (χ0n) is 13.1. The number of carbonyl (C=O) groups is 1. The van der Waals surface area contributed by atoms with E-state index in [1.165, 1.54) is 5.56 Å². The molecule has 1 amide bonds. The first-order valence-electron chi connectivity index (χ1n) is 7.72. The molecule has 2 aromatic rings. The maximum Gasteiger partial charge on any atom is 0.252 e. The Bertz CT molecular complexity index is 657. The molecule has 2 heterocycles. The first-order valence-corrected chi connectivity index (χ1v) is 7.72. The van der Waals surface area contributed by atoms with Crippen molar-refractivity contribution in [3.8, 4) is 0 Å². The zero-order valence-corrected chi connectivity index (χ0v) is 13.1. The lowest BCUT2D eigenvalue weighted by Gasteiger charge is -2.36. The molecule has 5 heteroatoms. The molecule has 1 aromatic carbocycles. The summed E-state index contributed by atoms with van der Waals surface area (Å²) in [5.74, 6) is 0.0198. The molecule has 1 fully saturated rings. The van der Waals surface area contributed by atoms with E-state index < -0.39 is 5.54 Å². The highest BCUT2D eigenvalue weighted by Crippen LogP contribution is 2.29. The van der Waals surface area contributed by atoms with Gasteiger partial charge in [-0.05, 0) is 63.0 Å². The Kier molecular flexibility index (Phi) is 3.98. The highest BCUT2D eigenvalue weighted by atomic mass is 16.2. The van der Waals surface area contributed by atoms with E-state index in [-0.39, 0.29) is 5.91 Å². The molecule has 1 aliphatic heterocycles. The summed E-state index contributed by atoms with van der Waals surface area (Å²) in [7, 11) is 0. The Morgan fingerprint density at radius 2 is 2.05 bits per heavy atom. The van der Waals surface area contributed by atoms with Gasteiger partial charge in [-0.1, -0.05) is 12.1 Å². The van der Waals surface area contributed by atoms with E-state index in [1.54, 1.807) is 6.20 Å². The van der Waals surface area contributed by atoms with Crippen molar-refractivity contribution in [3.05, 3.63) is 47.8 Å². The van der Waals surface area contributed by atoms with E-state index in [2.05, 4.69) is 28.7 Å². The van der Waals surface area contributed by atoms with Gasteiger partial charge in [0.25, 0.3) is 5.91 Å². The Labute approximate surface area is 130 Å². The van der Waals surface area contributed by atoms with Gasteiger partial charge in [-0.25, -0.2) is 0 Å². The molecule has 0 spiro atoms. The minimum absolute atomic E-state index is 0.0198. The second-order valence-corrected chi connectivity index (χ2v) is 5.93. The van der Waals surface area contributed by atoms with Crippen molar-refractivity contribution in [1.82, 2.24) is 15.1 Å². The Morgan fingerprint density at radius 1 is 1.27 bits per heavy atom. The number of piperidine rings is 1. The van der Waals surface area contributed by atoms with Gasteiger partial charge < -0.3 is 10.6 Å². The molecule has 1 aliphatic rings. The van der Waals surface area contributed by atoms with Gasteiger partial charge >= 0.3 is 0 Å². The van der Waals surface area contributed by atoms with Crippen molar-refractivity contribution in [1.29, 1.82) is 0 Å². The van der Waals surface area contributed by atoms with Gasteiger partial charge in [0.15, 0.2) is 0 Å². The number of nitrogens with one attached hydrogen (secondary N) is 2. The monoisotopic (exact) mass is 298 g/mol. The van der Waals surface area contributed by atoms with Crippen LogP contribution in [0.15, 0.2) is 36.7 Å². The molecule has 1 aromatic heterocycles. The van der Waals surface area contributed by atoms with Crippen LogP contribution in [-0.4, -0.2) is 28.8 Å². The quantitative estimate of drug-likeness (QED) is 0.913. The number of aryl methyl sites for hydroxylation is 1. The lowest BCUT2D eigenvalue weighted by atomic mass is 9.87. The van der Waals surface area contributed by atoms with E-state index in [9.17, 15) is 4.79 Å². The molecule has 116 valence electrons. The number of nitrogens with zero attached hydrogens (tertiary/aromatic N) is 2. The van der Waals surface area contributed by atoms with Crippen molar-refractivity contribution < 1.29 is 4.79 Å². The second-order valence-electron chi connectivity index (χ2n) is 5.93. The highest BCUT2D eigenvalue weighted by Gasteiger charge is 2.42. The predicted octanol–water partition coefficient (Wildman–Crippen LogP) is 2.22. The van der Waals surface area contributed by atoms with Crippen LogP contribution in [0.1, 0.15) is 24.0 Å². The van der Waals surface area contributed by atoms with Gasteiger partial charge in [-0.2, -0.15) is 5.10 Å². The molecular formula is C17H22N4O. The predicted molar refractivity (Wildman–Crippen MR) is 86.9 cm³/mol. The molecule has 2 N–H and O–H groups in total. The van der Waals surface area contributed by atoms with Gasteiger partial charge in [0.05, 0.1) is 0 Å². The van der Waals surface area contributed by atoms with Crippen molar-refractivity contribution >= 4 is 11.6 Å². The highest BCUT2D eigenvalue weighted by molar-refractivity contribution is 5.97. The number of hydrogen-bond acceptors (Lipinski definition) is 3. The molecule has 0 unspecified atom stereocenters. The van der Waals surface area contributed by atoms with Crippen LogP contribution in [0.25, 0.3) is 0 Å². The Hall–Kier alpha value is -2.14. The smallest absolute Gasteiger partial charge is 0.252 e. The van der Waals surface area contributed by atoms with Crippen LogP contribution in [0.3, 0.4) is 0 Å². The van der Waals surface area contributed by atoms with Crippen LogP contribution in [0.4, 0.5) is 5.69 Å². The summed E-state index contributed by atoms with van der Waals surface area (Å²) >= 11 is 0. The minimum atomic E-state index is -0.606. The fourth-order valence-corrected chi connectivity index (χ4v) is 3.05. The second kappa shape index (κ2) is 5.93. The van der Waals surface area contributed by atoms with E-state index in [4.69, 9.17) is 0 Å². The molecule has 3 rings (SSSR count). The number of carbonyl (C=O) groups excluding carboxylic acids is 1. The number of anilines is 1. The summed E-state index contributed by atoms with van der Waals surface area (Å²) in [5, 5.41) is 10.8. The maximum atomic E-state index is 13.1. The summed E-state index contributed by atoms with van der Waals surface area (Å²) < 4.78 is 1.81. The van der Waals surface area contributed by atoms with E-state index in [1.807, 2.05) is 36.0 Å². The third-order valence-electron chi connectivity index (χ3n) is 4.65. The lowest BCUT2D eigenvalue weighted by Crippen LogP contribution is -2.52. The van der Waals surface area contributed by atoms with Crippen LogP contribution in [-0.2, 0) is 10.3 Å². The Balaban J connectivity index is 1.92.